The van der Waals surface area contributed by atoms with E-state index in [0.717, 1.165) is 18.4 Å². The lowest BCUT2D eigenvalue weighted by atomic mass is 9.88. The standard InChI is InChI=1S/C25H30N2O4S/c1-19-6-5-15-27(18-19)32(30,31)23-11-9-22(10-12-23)25(29)26-16-13-21(14-17-26)24(28)20-7-3-2-4-8-20/h2-4,7-12,19,21H,5-6,13-18H2,1H3. The average molecular weight is 455 g/mol. The summed E-state index contributed by atoms with van der Waals surface area (Å²) in [6.07, 6.45) is 3.20. The van der Waals surface area contributed by atoms with Crippen LogP contribution in [0.1, 0.15) is 53.3 Å². The zero-order valence-corrected chi connectivity index (χ0v) is 19.3. The van der Waals surface area contributed by atoms with Crippen molar-refractivity contribution in [3.05, 3.63) is 65.7 Å². The molecule has 2 fully saturated rings. The fourth-order valence-electron chi connectivity index (χ4n) is 4.65. The topological polar surface area (TPSA) is 74.8 Å². The molecule has 0 spiro atoms. The smallest absolute Gasteiger partial charge is 0.253 e. The molecule has 0 aromatic heterocycles. The van der Waals surface area contributed by atoms with E-state index in [-0.39, 0.29) is 22.5 Å². The lowest BCUT2D eigenvalue weighted by Crippen LogP contribution is -2.40. The van der Waals surface area contributed by atoms with Crippen molar-refractivity contribution < 1.29 is 18.0 Å². The largest absolute Gasteiger partial charge is 0.339 e. The Balaban J connectivity index is 1.38. The molecule has 6 nitrogen and oxygen atoms in total. The van der Waals surface area contributed by atoms with Crippen LogP contribution in [0.4, 0.5) is 0 Å². The van der Waals surface area contributed by atoms with Crippen molar-refractivity contribution in [3.63, 3.8) is 0 Å². The maximum atomic E-state index is 12.9. The number of carbonyl (C=O) groups is 2. The number of sulfonamides is 1. The van der Waals surface area contributed by atoms with Gasteiger partial charge in [0.1, 0.15) is 0 Å². The Labute approximate surface area is 190 Å². The van der Waals surface area contributed by atoms with Crippen molar-refractivity contribution >= 4 is 21.7 Å². The molecule has 1 unspecified atom stereocenters. The summed E-state index contributed by atoms with van der Waals surface area (Å²) >= 11 is 0. The number of hydrogen-bond donors (Lipinski definition) is 0. The van der Waals surface area contributed by atoms with Crippen molar-refractivity contribution in [2.75, 3.05) is 26.2 Å². The summed E-state index contributed by atoms with van der Waals surface area (Å²) < 4.78 is 27.4. The summed E-state index contributed by atoms with van der Waals surface area (Å²) in [4.78, 5) is 27.6. The van der Waals surface area contributed by atoms with Crippen LogP contribution in [0.25, 0.3) is 0 Å². The number of benzene rings is 2. The summed E-state index contributed by atoms with van der Waals surface area (Å²) in [6.45, 7) is 4.20. The van der Waals surface area contributed by atoms with Crippen LogP contribution in [0, 0.1) is 11.8 Å². The summed E-state index contributed by atoms with van der Waals surface area (Å²) in [7, 11) is -3.53. The number of hydrogen-bond acceptors (Lipinski definition) is 4. The van der Waals surface area contributed by atoms with Crippen molar-refractivity contribution in [3.8, 4) is 0 Å². The summed E-state index contributed by atoms with van der Waals surface area (Å²) in [5, 5.41) is 0. The number of piperidine rings is 2. The molecule has 0 aliphatic carbocycles. The molecule has 2 aromatic rings. The van der Waals surface area contributed by atoms with Gasteiger partial charge in [0.15, 0.2) is 5.78 Å². The molecule has 1 amide bonds. The second kappa shape index (κ2) is 9.55. The first-order chi connectivity index (χ1) is 15.4. The first-order valence-electron chi connectivity index (χ1n) is 11.3. The molecule has 32 heavy (non-hydrogen) atoms. The normalized spacial score (nSPS) is 20.8. The quantitative estimate of drug-likeness (QED) is 0.644. The molecule has 0 radical (unpaired) electrons. The van der Waals surface area contributed by atoms with E-state index in [0.29, 0.717) is 50.5 Å². The molecule has 170 valence electrons. The van der Waals surface area contributed by atoms with Gasteiger partial charge >= 0.3 is 0 Å². The third kappa shape index (κ3) is 4.79. The van der Waals surface area contributed by atoms with Crippen LogP contribution in [0.5, 0.6) is 0 Å². The van der Waals surface area contributed by atoms with Gasteiger partial charge < -0.3 is 4.90 Å². The van der Waals surface area contributed by atoms with Gasteiger partial charge in [-0.05, 0) is 55.9 Å². The highest BCUT2D eigenvalue weighted by Crippen LogP contribution is 2.25. The van der Waals surface area contributed by atoms with Gasteiger partial charge in [-0.1, -0.05) is 37.3 Å². The van der Waals surface area contributed by atoms with Crippen LogP contribution in [-0.4, -0.2) is 55.5 Å². The molecule has 2 aliphatic heterocycles. The minimum Gasteiger partial charge on any atom is -0.339 e. The molecular formula is C25H30N2O4S. The predicted octanol–water partition coefficient (Wildman–Crippen LogP) is 3.84. The number of rotatable bonds is 5. The number of carbonyl (C=O) groups excluding carboxylic acids is 2. The Morgan fingerprint density at radius 2 is 1.50 bits per heavy atom. The molecule has 1 atom stereocenters. The zero-order chi connectivity index (χ0) is 22.7. The van der Waals surface area contributed by atoms with E-state index in [4.69, 9.17) is 0 Å². The average Bonchev–Trinajstić information content (AvgIpc) is 2.84. The highest BCUT2D eigenvalue weighted by Gasteiger charge is 2.30. The van der Waals surface area contributed by atoms with Gasteiger partial charge in [-0.15, -0.1) is 0 Å². The number of ketones is 1. The molecule has 2 heterocycles. The highest BCUT2D eigenvalue weighted by atomic mass is 32.2. The van der Waals surface area contributed by atoms with E-state index < -0.39 is 10.0 Å². The number of nitrogens with zero attached hydrogens (tertiary/aromatic N) is 2. The Morgan fingerprint density at radius 3 is 2.12 bits per heavy atom. The molecule has 2 aliphatic rings. The molecule has 0 saturated carbocycles. The summed E-state index contributed by atoms with van der Waals surface area (Å²) in [5.41, 5.74) is 1.20. The number of amides is 1. The third-order valence-corrected chi connectivity index (χ3v) is 8.45. The molecule has 7 heteroatoms. The van der Waals surface area contributed by atoms with E-state index >= 15 is 0 Å². The fourth-order valence-corrected chi connectivity index (χ4v) is 6.25. The SMILES string of the molecule is CC1CCCN(S(=O)(=O)c2ccc(C(=O)N3CCC(C(=O)c4ccccc4)CC3)cc2)C1. The van der Waals surface area contributed by atoms with Gasteiger partial charge in [-0.3, -0.25) is 9.59 Å². The van der Waals surface area contributed by atoms with Crippen LogP contribution in [0.15, 0.2) is 59.5 Å². The van der Waals surface area contributed by atoms with Gasteiger partial charge in [0.25, 0.3) is 5.91 Å². The van der Waals surface area contributed by atoms with Crippen LogP contribution in [0.3, 0.4) is 0 Å². The Hall–Kier alpha value is -2.51. The lowest BCUT2D eigenvalue weighted by molar-refractivity contribution is 0.0650. The Kier molecular flexibility index (Phi) is 6.76. The van der Waals surface area contributed by atoms with Crippen LogP contribution >= 0.6 is 0 Å². The van der Waals surface area contributed by atoms with Gasteiger partial charge in [0, 0.05) is 43.2 Å². The van der Waals surface area contributed by atoms with Gasteiger partial charge in [0.05, 0.1) is 4.90 Å². The van der Waals surface area contributed by atoms with E-state index in [9.17, 15) is 18.0 Å². The molecule has 0 N–H and O–H groups in total. The van der Waals surface area contributed by atoms with E-state index in [1.165, 1.54) is 12.1 Å². The first kappa shape index (κ1) is 22.7. The van der Waals surface area contributed by atoms with Crippen molar-refractivity contribution in [2.45, 2.75) is 37.5 Å². The Morgan fingerprint density at radius 1 is 0.844 bits per heavy atom. The second-order valence-corrected chi connectivity index (χ2v) is 10.9. The number of likely N-dealkylation sites (tertiary alicyclic amines) is 1. The van der Waals surface area contributed by atoms with Crippen LogP contribution in [-0.2, 0) is 10.0 Å². The fraction of sp³-hybridized carbons (Fsp3) is 0.440. The second-order valence-electron chi connectivity index (χ2n) is 8.93. The molecule has 4 rings (SSSR count). The van der Waals surface area contributed by atoms with Crippen molar-refractivity contribution in [2.24, 2.45) is 11.8 Å². The molecule has 2 aromatic carbocycles. The lowest BCUT2D eigenvalue weighted by Gasteiger charge is -2.31. The minimum atomic E-state index is -3.53. The van der Waals surface area contributed by atoms with Crippen molar-refractivity contribution in [1.29, 1.82) is 0 Å². The van der Waals surface area contributed by atoms with Gasteiger partial charge in [-0.25, -0.2) is 8.42 Å². The van der Waals surface area contributed by atoms with Crippen molar-refractivity contribution in [1.82, 2.24) is 9.21 Å². The number of Topliss-reactive ketones (excluding diaryl/α,β-unsaturated/α-hetero) is 1. The van der Waals surface area contributed by atoms with E-state index in [1.807, 2.05) is 30.3 Å². The minimum absolute atomic E-state index is 0.0686. The monoisotopic (exact) mass is 454 g/mol. The van der Waals surface area contributed by atoms with E-state index in [2.05, 4.69) is 6.92 Å². The summed E-state index contributed by atoms with van der Waals surface area (Å²) in [6, 6.07) is 15.6. The Bertz CT molecular complexity index is 1060. The van der Waals surface area contributed by atoms with Gasteiger partial charge in [-0.2, -0.15) is 4.31 Å². The zero-order valence-electron chi connectivity index (χ0n) is 18.4. The maximum absolute atomic E-state index is 12.9. The molecule has 2 saturated heterocycles. The third-order valence-electron chi connectivity index (χ3n) is 6.57. The predicted molar refractivity (Wildman–Crippen MR) is 123 cm³/mol. The molecule has 0 bridgehead atoms. The van der Waals surface area contributed by atoms with Gasteiger partial charge in [0.2, 0.25) is 10.0 Å². The first-order valence-corrected chi connectivity index (χ1v) is 12.8. The van der Waals surface area contributed by atoms with E-state index in [1.54, 1.807) is 21.3 Å². The van der Waals surface area contributed by atoms with Crippen LogP contribution in [0.2, 0.25) is 0 Å². The highest BCUT2D eigenvalue weighted by molar-refractivity contribution is 7.89. The maximum Gasteiger partial charge on any atom is 0.253 e. The summed E-state index contributed by atoms with van der Waals surface area (Å²) in [5.74, 6) is 0.308. The van der Waals surface area contributed by atoms with Crippen LogP contribution < -0.4 is 0 Å². The molecular weight excluding hydrogens is 424 g/mol.